The van der Waals surface area contributed by atoms with E-state index < -0.39 is 17.6 Å². The van der Waals surface area contributed by atoms with Crippen molar-refractivity contribution in [1.82, 2.24) is 14.8 Å². The molecule has 0 amide bonds. The minimum Gasteiger partial charge on any atom is -0.478 e. The van der Waals surface area contributed by atoms with Crippen LogP contribution in [0.15, 0.2) is 72.8 Å². The van der Waals surface area contributed by atoms with Crippen molar-refractivity contribution in [3.8, 4) is 17.1 Å². The second-order valence-electron chi connectivity index (χ2n) is 9.79. The van der Waals surface area contributed by atoms with Crippen LogP contribution in [0.2, 0.25) is 5.02 Å². The average Bonchev–Trinajstić information content (AvgIpc) is 3.28. The summed E-state index contributed by atoms with van der Waals surface area (Å²) in [7, 11) is 0. The van der Waals surface area contributed by atoms with E-state index >= 15 is 4.39 Å². The molecule has 1 aliphatic heterocycles. The second-order valence-corrected chi connectivity index (χ2v) is 10.2. The maximum absolute atomic E-state index is 15.4. The quantitative estimate of drug-likeness (QED) is 0.211. The van der Waals surface area contributed by atoms with Gasteiger partial charge < -0.3 is 14.6 Å². The summed E-state index contributed by atoms with van der Waals surface area (Å²) in [6, 6.07) is 19.2. The number of rotatable bonds is 9. The molecule has 1 fully saturated rings. The number of carboxylic acid groups (broad SMARTS) is 1. The molecule has 0 spiro atoms. The molecule has 1 N–H and O–H groups in total. The highest BCUT2D eigenvalue weighted by Crippen LogP contribution is 2.29. The van der Waals surface area contributed by atoms with Gasteiger partial charge in [-0.15, -0.1) is 0 Å². The molecule has 1 unspecified atom stereocenters. The Labute approximate surface area is 238 Å². The van der Waals surface area contributed by atoms with Crippen LogP contribution in [-0.2, 0) is 24.3 Å². The fraction of sp³-hybridized carbons (Fsp3) is 0.194. The molecule has 1 aliphatic rings. The summed E-state index contributed by atoms with van der Waals surface area (Å²) in [5.41, 5.74) is 3.15. The summed E-state index contributed by atoms with van der Waals surface area (Å²) >= 11 is 5.81. The van der Waals surface area contributed by atoms with Gasteiger partial charge in [0.1, 0.15) is 18.2 Å². The lowest BCUT2D eigenvalue weighted by molar-refractivity contribution is -0.0499. The number of carboxylic acids is 1. The van der Waals surface area contributed by atoms with Crippen molar-refractivity contribution in [2.75, 3.05) is 6.61 Å². The number of halogens is 3. The Kier molecular flexibility index (Phi) is 7.38. The Morgan fingerprint density at radius 3 is 2.56 bits per heavy atom. The topological polar surface area (TPSA) is 86.5 Å². The zero-order chi connectivity index (χ0) is 28.5. The van der Waals surface area contributed by atoms with Crippen LogP contribution >= 0.6 is 11.6 Å². The summed E-state index contributed by atoms with van der Waals surface area (Å²) in [4.78, 5) is 16.4. The van der Waals surface area contributed by atoms with Crippen LogP contribution in [-0.4, -0.2) is 38.6 Å². The fourth-order valence-electron chi connectivity index (χ4n) is 4.87. The number of hydrogen-bond donors (Lipinski definition) is 1. The molecule has 0 bridgehead atoms. The van der Waals surface area contributed by atoms with Gasteiger partial charge in [0.25, 0.3) is 0 Å². The number of ether oxygens (including phenoxy) is 2. The van der Waals surface area contributed by atoms with Crippen molar-refractivity contribution in [2.24, 2.45) is 0 Å². The molecule has 10 heteroatoms. The van der Waals surface area contributed by atoms with E-state index in [1.54, 1.807) is 65.3 Å². The zero-order valence-electron chi connectivity index (χ0n) is 21.7. The molecule has 2 aromatic heterocycles. The Morgan fingerprint density at radius 2 is 1.83 bits per heavy atom. The Bertz CT molecular complexity index is 1770. The number of hydrogen-bond acceptors (Lipinski definition) is 5. The number of aromatic nitrogens is 3. The van der Waals surface area contributed by atoms with E-state index in [2.05, 4.69) is 10.1 Å². The second kappa shape index (κ2) is 11.3. The highest BCUT2D eigenvalue weighted by Gasteiger charge is 2.25. The molecular formula is C31H24ClF2N3O4. The van der Waals surface area contributed by atoms with Crippen molar-refractivity contribution >= 4 is 28.5 Å². The predicted octanol–water partition coefficient (Wildman–Crippen LogP) is 6.69. The minimum absolute atomic E-state index is 0.0283. The highest BCUT2D eigenvalue weighted by molar-refractivity contribution is 6.30. The number of carbonyl (C=O) groups is 1. The van der Waals surface area contributed by atoms with Gasteiger partial charge in [-0.05, 0) is 42.8 Å². The van der Waals surface area contributed by atoms with Crippen LogP contribution in [0.3, 0.4) is 0 Å². The molecule has 3 aromatic carbocycles. The van der Waals surface area contributed by atoms with Gasteiger partial charge in [0, 0.05) is 46.2 Å². The summed E-state index contributed by atoms with van der Waals surface area (Å²) in [5, 5.41) is 15.2. The van der Waals surface area contributed by atoms with Crippen LogP contribution in [0.25, 0.3) is 22.2 Å². The third kappa shape index (κ3) is 5.64. The van der Waals surface area contributed by atoms with Crippen molar-refractivity contribution < 1.29 is 28.2 Å². The summed E-state index contributed by atoms with van der Waals surface area (Å²) in [5.74, 6) is -1.71. The molecule has 1 saturated heterocycles. The maximum Gasteiger partial charge on any atom is 0.336 e. The van der Waals surface area contributed by atoms with Gasteiger partial charge in [0.2, 0.25) is 5.88 Å². The molecule has 0 saturated carbocycles. The van der Waals surface area contributed by atoms with Crippen LogP contribution in [0.5, 0.6) is 5.88 Å². The van der Waals surface area contributed by atoms with E-state index in [-0.39, 0.29) is 30.7 Å². The zero-order valence-corrected chi connectivity index (χ0v) is 22.4. The van der Waals surface area contributed by atoms with E-state index in [0.29, 0.717) is 57.0 Å². The molecule has 0 radical (unpaired) electrons. The van der Waals surface area contributed by atoms with Gasteiger partial charge in [0.05, 0.1) is 35.1 Å². The van der Waals surface area contributed by atoms with Gasteiger partial charge in [-0.3, -0.25) is 4.68 Å². The first-order valence-electron chi connectivity index (χ1n) is 13.0. The first-order chi connectivity index (χ1) is 19.9. The van der Waals surface area contributed by atoms with Crippen molar-refractivity contribution in [2.45, 2.75) is 32.1 Å². The summed E-state index contributed by atoms with van der Waals surface area (Å²) in [6.07, 6.45) is 1.33. The molecular weight excluding hydrogens is 552 g/mol. The van der Waals surface area contributed by atoms with E-state index in [0.717, 1.165) is 6.42 Å². The van der Waals surface area contributed by atoms with Crippen LogP contribution < -0.4 is 4.74 Å². The van der Waals surface area contributed by atoms with E-state index in [4.69, 9.17) is 21.1 Å². The number of pyridine rings is 1. The molecule has 6 rings (SSSR count). The van der Waals surface area contributed by atoms with Gasteiger partial charge >= 0.3 is 5.97 Å². The van der Waals surface area contributed by atoms with Gasteiger partial charge in [-0.1, -0.05) is 41.9 Å². The minimum atomic E-state index is -1.04. The highest BCUT2D eigenvalue weighted by atomic mass is 35.5. The molecule has 41 heavy (non-hydrogen) atoms. The van der Waals surface area contributed by atoms with Crippen molar-refractivity contribution in [3.05, 3.63) is 112 Å². The first-order valence-corrected chi connectivity index (χ1v) is 13.4. The number of benzene rings is 3. The van der Waals surface area contributed by atoms with Gasteiger partial charge in [0.15, 0.2) is 0 Å². The lowest BCUT2D eigenvalue weighted by atomic mass is 10.0. The van der Waals surface area contributed by atoms with Crippen molar-refractivity contribution in [3.63, 3.8) is 0 Å². The third-order valence-corrected chi connectivity index (χ3v) is 7.33. The average molecular weight is 576 g/mol. The molecule has 5 aromatic rings. The molecule has 7 nitrogen and oxygen atoms in total. The van der Waals surface area contributed by atoms with Crippen LogP contribution in [0.1, 0.15) is 33.6 Å². The van der Waals surface area contributed by atoms with E-state index in [9.17, 15) is 14.3 Å². The first kappa shape index (κ1) is 26.9. The number of nitrogens with zero attached hydrogens (tertiary/aromatic N) is 3. The Hall–Kier alpha value is -4.34. The molecule has 208 valence electrons. The standard InChI is InChI=1S/C31H24ClF2N3O4/c32-21-10-9-20(25(34)14-21)17-41-29-6-2-4-26(35-29)18-7-8-19(24(33)13-18)16-37-28(15-22-11-12-40-22)30-23(31(38)39)3-1-5-27(30)36-37/h1-10,13-14,22H,11-12,15-17H2,(H,38,39). The predicted molar refractivity (Wildman–Crippen MR) is 149 cm³/mol. The van der Waals surface area contributed by atoms with Crippen molar-refractivity contribution in [1.29, 1.82) is 0 Å². The Morgan fingerprint density at radius 1 is 1.05 bits per heavy atom. The Balaban J connectivity index is 1.25. The van der Waals surface area contributed by atoms with Crippen LogP contribution in [0.4, 0.5) is 8.78 Å². The lowest BCUT2D eigenvalue weighted by Crippen LogP contribution is -2.30. The third-order valence-electron chi connectivity index (χ3n) is 7.10. The largest absolute Gasteiger partial charge is 0.478 e. The smallest absolute Gasteiger partial charge is 0.336 e. The van der Waals surface area contributed by atoms with E-state index in [1.165, 1.54) is 12.1 Å². The van der Waals surface area contributed by atoms with Gasteiger partial charge in [-0.2, -0.15) is 5.10 Å². The lowest BCUT2D eigenvalue weighted by Gasteiger charge is -2.26. The number of aromatic carboxylic acids is 1. The fourth-order valence-corrected chi connectivity index (χ4v) is 5.03. The SMILES string of the molecule is O=C(O)c1cccc2nn(Cc3ccc(-c4cccc(OCc5ccc(Cl)cc5F)n4)cc3F)c(CC3CCO3)c12. The monoisotopic (exact) mass is 575 g/mol. The molecule has 1 atom stereocenters. The summed E-state index contributed by atoms with van der Waals surface area (Å²) < 4.78 is 42.5. The van der Waals surface area contributed by atoms with E-state index in [1.807, 2.05) is 0 Å². The van der Waals surface area contributed by atoms with Gasteiger partial charge in [-0.25, -0.2) is 18.6 Å². The number of fused-ring (bicyclic) bond motifs is 1. The molecule has 0 aliphatic carbocycles. The normalized spacial score (nSPS) is 14.7. The van der Waals surface area contributed by atoms with Crippen LogP contribution in [0, 0.1) is 11.6 Å². The summed E-state index contributed by atoms with van der Waals surface area (Å²) in [6.45, 7) is 0.741. The molecule has 3 heterocycles. The maximum atomic E-state index is 15.4.